The second kappa shape index (κ2) is 7.20. The van der Waals surface area contributed by atoms with E-state index in [9.17, 15) is 4.39 Å². The van der Waals surface area contributed by atoms with Crippen molar-refractivity contribution in [2.24, 2.45) is 5.73 Å². The molecule has 0 aliphatic heterocycles. The second-order valence-corrected chi connectivity index (χ2v) is 5.11. The van der Waals surface area contributed by atoms with Crippen molar-refractivity contribution in [2.45, 2.75) is 19.6 Å². The van der Waals surface area contributed by atoms with Gasteiger partial charge in [0.05, 0.1) is 7.11 Å². The van der Waals surface area contributed by atoms with Crippen LogP contribution in [0.2, 0.25) is 0 Å². The Bertz CT molecular complexity index is 601. The van der Waals surface area contributed by atoms with Crippen molar-refractivity contribution in [2.75, 3.05) is 14.2 Å². The van der Waals surface area contributed by atoms with Gasteiger partial charge in [0, 0.05) is 30.8 Å². The Balaban J connectivity index is 2.06. The van der Waals surface area contributed by atoms with Crippen LogP contribution in [0, 0.1) is 5.82 Å². The molecule has 2 N–H and O–H groups in total. The molecule has 4 heteroatoms. The van der Waals surface area contributed by atoms with Crippen LogP contribution in [0.25, 0.3) is 0 Å². The van der Waals surface area contributed by atoms with Gasteiger partial charge in [0.1, 0.15) is 11.6 Å². The maximum Gasteiger partial charge on any atom is 0.127 e. The second-order valence-electron chi connectivity index (χ2n) is 5.11. The van der Waals surface area contributed by atoms with Crippen LogP contribution in [0.4, 0.5) is 4.39 Å². The molecule has 2 aromatic rings. The highest BCUT2D eigenvalue weighted by atomic mass is 19.1. The maximum absolute atomic E-state index is 13.6. The Kier molecular flexibility index (Phi) is 5.31. The molecule has 0 aromatic heterocycles. The quantitative estimate of drug-likeness (QED) is 0.888. The van der Waals surface area contributed by atoms with Gasteiger partial charge in [-0.25, -0.2) is 4.39 Å². The Hall–Kier alpha value is -1.91. The number of benzene rings is 2. The summed E-state index contributed by atoms with van der Waals surface area (Å²) >= 11 is 0. The van der Waals surface area contributed by atoms with Gasteiger partial charge < -0.3 is 10.5 Å². The molecule has 0 aliphatic carbocycles. The normalized spacial score (nSPS) is 10.9. The van der Waals surface area contributed by atoms with E-state index in [4.69, 9.17) is 10.5 Å². The molecule has 21 heavy (non-hydrogen) atoms. The molecule has 0 bridgehead atoms. The molecule has 2 aromatic carbocycles. The fraction of sp³-hybridized carbons (Fsp3) is 0.294. The number of rotatable bonds is 6. The number of ether oxygens (including phenoxy) is 1. The van der Waals surface area contributed by atoms with Crippen LogP contribution in [0.5, 0.6) is 5.75 Å². The predicted octanol–water partition coefficient (Wildman–Crippen LogP) is 2.93. The van der Waals surface area contributed by atoms with Gasteiger partial charge in [0.15, 0.2) is 0 Å². The van der Waals surface area contributed by atoms with E-state index in [1.165, 1.54) is 6.07 Å². The number of halogens is 1. The molecule has 112 valence electrons. The SMILES string of the molecule is COc1cc(CN(C)Cc2ccccc2F)ccc1CN. The fourth-order valence-corrected chi connectivity index (χ4v) is 2.34. The van der Waals surface area contributed by atoms with E-state index in [1.54, 1.807) is 13.2 Å². The lowest BCUT2D eigenvalue weighted by molar-refractivity contribution is 0.312. The van der Waals surface area contributed by atoms with E-state index in [0.717, 1.165) is 23.4 Å². The van der Waals surface area contributed by atoms with Gasteiger partial charge in [0.2, 0.25) is 0 Å². The van der Waals surface area contributed by atoms with Crippen LogP contribution in [-0.4, -0.2) is 19.1 Å². The zero-order valence-corrected chi connectivity index (χ0v) is 12.5. The summed E-state index contributed by atoms with van der Waals surface area (Å²) in [6.45, 7) is 1.73. The molecular weight excluding hydrogens is 267 g/mol. The zero-order valence-electron chi connectivity index (χ0n) is 12.5. The Labute approximate surface area is 125 Å². The van der Waals surface area contributed by atoms with Gasteiger partial charge in [-0.2, -0.15) is 0 Å². The summed E-state index contributed by atoms with van der Waals surface area (Å²) in [5.41, 5.74) is 8.46. The first-order chi connectivity index (χ1) is 10.1. The number of hydrogen-bond acceptors (Lipinski definition) is 3. The minimum atomic E-state index is -0.166. The van der Waals surface area contributed by atoms with Crippen molar-refractivity contribution in [3.63, 3.8) is 0 Å². The summed E-state index contributed by atoms with van der Waals surface area (Å²) in [5.74, 6) is 0.634. The van der Waals surface area contributed by atoms with E-state index in [0.29, 0.717) is 18.7 Å². The Morgan fingerprint density at radius 2 is 1.86 bits per heavy atom. The first-order valence-electron chi connectivity index (χ1n) is 6.92. The highest BCUT2D eigenvalue weighted by Gasteiger charge is 2.08. The maximum atomic E-state index is 13.6. The highest BCUT2D eigenvalue weighted by Crippen LogP contribution is 2.21. The first-order valence-corrected chi connectivity index (χ1v) is 6.92. The standard InChI is InChI=1S/C17H21FN2O/c1-20(12-15-5-3-4-6-16(15)18)11-13-7-8-14(10-19)17(9-13)21-2/h3-9H,10-12,19H2,1-2H3. The van der Waals surface area contributed by atoms with E-state index in [2.05, 4.69) is 4.90 Å². The highest BCUT2D eigenvalue weighted by molar-refractivity contribution is 5.37. The molecule has 0 saturated heterocycles. The lowest BCUT2D eigenvalue weighted by Gasteiger charge is -2.18. The zero-order chi connectivity index (χ0) is 15.2. The third kappa shape index (κ3) is 4.03. The summed E-state index contributed by atoms with van der Waals surface area (Å²) in [4.78, 5) is 2.06. The molecule has 0 unspecified atom stereocenters. The molecule has 2 rings (SSSR count). The van der Waals surface area contributed by atoms with Gasteiger partial charge in [-0.05, 0) is 24.7 Å². The number of nitrogens with two attached hydrogens (primary N) is 1. The third-order valence-corrected chi connectivity index (χ3v) is 3.42. The van der Waals surface area contributed by atoms with Crippen molar-refractivity contribution < 1.29 is 9.13 Å². The summed E-state index contributed by atoms with van der Waals surface area (Å²) < 4.78 is 19.0. The van der Waals surface area contributed by atoms with Crippen molar-refractivity contribution in [3.8, 4) is 5.75 Å². The Morgan fingerprint density at radius 1 is 1.10 bits per heavy atom. The van der Waals surface area contributed by atoms with E-state index < -0.39 is 0 Å². The molecular formula is C17H21FN2O. The molecule has 0 saturated carbocycles. The molecule has 3 nitrogen and oxygen atoms in total. The van der Waals surface area contributed by atoms with E-state index in [1.807, 2.05) is 37.4 Å². The minimum absolute atomic E-state index is 0.166. The van der Waals surface area contributed by atoms with Crippen molar-refractivity contribution >= 4 is 0 Å². The van der Waals surface area contributed by atoms with E-state index in [-0.39, 0.29) is 5.82 Å². The molecule has 0 atom stereocenters. The van der Waals surface area contributed by atoms with Crippen LogP contribution >= 0.6 is 0 Å². The van der Waals surface area contributed by atoms with Crippen molar-refractivity contribution in [3.05, 3.63) is 65.0 Å². The molecule has 0 amide bonds. The monoisotopic (exact) mass is 288 g/mol. The third-order valence-electron chi connectivity index (χ3n) is 3.42. The topological polar surface area (TPSA) is 38.5 Å². The molecule has 0 fully saturated rings. The van der Waals surface area contributed by atoms with Gasteiger partial charge >= 0.3 is 0 Å². The summed E-state index contributed by atoms with van der Waals surface area (Å²) in [7, 11) is 3.61. The molecule has 0 heterocycles. The largest absolute Gasteiger partial charge is 0.496 e. The average molecular weight is 288 g/mol. The van der Waals surface area contributed by atoms with Crippen molar-refractivity contribution in [1.29, 1.82) is 0 Å². The van der Waals surface area contributed by atoms with Crippen LogP contribution in [0.3, 0.4) is 0 Å². The molecule has 0 spiro atoms. The summed E-state index contributed by atoms with van der Waals surface area (Å²) in [5, 5.41) is 0. The predicted molar refractivity (Wildman–Crippen MR) is 82.5 cm³/mol. The summed E-state index contributed by atoms with van der Waals surface area (Å²) in [6, 6.07) is 12.8. The van der Waals surface area contributed by atoms with Crippen LogP contribution < -0.4 is 10.5 Å². The smallest absolute Gasteiger partial charge is 0.127 e. The number of methoxy groups -OCH3 is 1. The summed E-state index contributed by atoms with van der Waals surface area (Å²) in [6.07, 6.45) is 0. The van der Waals surface area contributed by atoms with Gasteiger partial charge in [-0.3, -0.25) is 4.90 Å². The van der Waals surface area contributed by atoms with Gasteiger partial charge in [-0.1, -0.05) is 30.3 Å². The average Bonchev–Trinajstić information content (AvgIpc) is 2.49. The lowest BCUT2D eigenvalue weighted by Crippen LogP contribution is -2.18. The van der Waals surface area contributed by atoms with Crippen LogP contribution in [0.1, 0.15) is 16.7 Å². The minimum Gasteiger partial charge on any atom is -0.496 e. The van der Waals surface area contributed by atoms with E-state index >= 15 is 0 Å². The molecule has 0 radical (unpaired) electrons. The number of hydrogen-bond donors (Lipinski definition) is 1. The Morgan fingerprint density at radius 3 is 2.52 bits per heavy atom. The first kappa shape index (κ1) is 15.5. The van der Waals surface area contributed by atoms with Crippen LogP contribution in [0.15, 0.2) is 42.5 Å². The van der Waals surface area contributed by atoms with Crippen LogP contribution in [-0.2, 0) is 19.6 Å². The van der Waals surface area contributed by atoms with Crippen molar-refractivity contribution in [1.82, 2.24) is 4.90 Å². The molecule has 0 aliphatic rings. The fourth-order valence-electron chi connectivity index (χ4n) is 2.34. The van der Waals surface area contributed by atoms with Gasteiger partial charge in [0.25, 0.3) is 0 Å². The number of nitrogens with zero attached hydrogens (tertiary/aromatic N) is 1. The lowest BCUT2D eigenvalue weighted by atomic mass is 10.1. The van der Waals surface area contributed by atoms with Gasteiger partial charge in [-0.15, -0.1) is 0 Å².